The number of piperazine rings is 2. The zero-order valence-corrected chi connectivity index (χ0v) is 25.9. The Morgan fingerprint density at radius 3 is 2.10 bits per heavy atom. The first kappa shape index (κ1) is 33.8. The van der Waals surface area contributed by atoms with Crippen molar-refractivity contribution in [3.63, 3.8) is 0 Å². The van der Waals surface area contributed by atoms with Gasteiger partial charge in [0.2, 0.25) is 5.91 Å². The lowest BCUT2D eigenvalue weighted by Crippen LogP contribution is -2.54. The van der Waals surface area contributed by atoms with Gasteiger partial charge in [0.05, 0.1) is 22.6 Å². The van der Waals surface area contributed by atoms with Crippen LogP contribution < -0.4 is 15.5 Å². The summed E-state index contributed by atoms with van der Waals surface area (Å²) in [5.74, 6) is 4.73. The maximum absolute atomic E-state index is 13.2. The van der Waals surface area contributed by atoms with Crippen LogP contribution in [0.1, 0.15) is 19.8 Å². The Bertz CT molecular complexity index is 1180. The van der Waals surface area contributed by atoms with E-state index in [0.717, 1.165) is 39.3 Å². The number of hydrogen-bond acceptors (Lipinski definition) is 10. The number of nitrogens with one attached hydrogen (secondary N) is 2. The van der Waals surface area contributed by atoms with Gasteiger partial charge in [0, 0.05) is 65.4 Å². The van der Waals surface area contributed by atoms with Crippen LogP contribution in [0.15, 0.2) is 29.2 Å². The predicted molar refractivity (Wildman–Crippen MR) is 160 cm³/mol. The molecule has 234 valence electrons. The summed E-state index contributed by atoms with van der Waals surface area (Å²) in [6, 6.07) is 5.96. The third-order valence-electron chi connectivity index (χ3n) is 8.09. The molecule has 3 aliphatic rings. The van der Waals surface area contributed by atoms with Gasteiger partial charge >= 0.3 is 0 Å². The Balaban J connectivity index is 0.000000603. The standard InChI is InChI=1S/C24H34N4O6S.C5H12N2/c1-3-4-17-34-20-5-7-21(8-6-20)35(32,33)19-24(23(30)25-31)9-11-28(12-10-24)22(29)18-27-15-13-26(2)14-16-27;1-7-4-2-6-3-5-7/h5-8,31H,9-19H2,1-2H3,(H,25,30);6H,2-5H2,1H3. The number of likely N-dealkylation sites (N-methyl/N-ethyl adjacent to an activating group) is 2. The van der Waals surface area contributed by atoms with Crippen LogP contribution in [0.25, 0.3) is 0 Å². The maximum atomic E-state index is 13.2. The lowest BCUT2D eigenvalue weighted by Gasteiger charge is -2.40. The maximum Gasteiger partial charge on any atom is 0.250 e. The van der Waals surface area contributed by atoms with E-state index in [9.17, 15) is 23.2 Å². The molecule has 0 aliphatic carbocycles. The Hall–Kier alpha value is -2.73. The van der Waals surface area contributed by atoms with Gasteiger partial charge in [0.1, 0.15) is 12.4 Å². The highest BCUT2D eigenvalue weighted by Crippen LogP contribution is 2.35. The molecule has 3 aliphatic heterocycles. The lowest BCUT2D eigenvalue weighted by molar-refractivity contribution is -0.145. The number of nitrogens with zero attached hydrogens (tertiary/aromatic N) is 4. The highest BCUT2D eigenvalue weighted by atomic mass is 32.2. The molecule has 0 radical (unpaired) electrons. The first-order valence-electron chi connectivity index (χ1n) is 14.5. The van der Waals surface area contributed by atoms with Gasteiger partial charge in [-0.05, 0) is 58.1 Å². The van der Waals surface area contributed by atoms with Crippen LogP contribution in [-0.4, -0.2) is 143 Å². The van der Waals surface area contributed by atoms with Crippen LogP contribution in [0, 0.1) is 17.3 Å². The van der Waals surface area contributed by atoms with Crippen LogP contribution in [0.3, 0.4) is 0 Å². The first-order valence-corrected chi connectivity index (χ1v) is 16.1. The highest BCUT2D eigenvalue weighted by molar-refractivity contribution is 7.91. The average Bonchev–Trinajstić information content (AvgIpc) is 2.99. The summed E-state index contributed by atoms with van der Waals surface area (Å²) in [7, 11) is 0.351. The van der Waals surface area contributed by atoms with Gasteiger partial charge in [-0.1, -0.05) is 5.92 Å². The molecular weight excluding hydrogens is 560 g/mol. The molecule has 0 atom stereocenters. The Morgan fingerprint density at radius 2 is 1.57 bits per heavy atom. The summed E-state index contributed by atoms with van der Waals surface area (Å²) in [6.45, 7) is 10.9. The number of likely N-dealkylation sites (tertiary alicyclic amines) is 1. The van der Waals surface area contributed by atoms with E-state index in [1.807, 2.05) is 0 Å². The predicted octanol–water partition coefficient (Wildman–Crippen LogP) is -0.255. The van der Waals surface area contributed by atoms with Gasteiger partial charge < -0.3 is 24.8 Å². The molecule has 1 aromatic carbocycles. The van der Waals surface area contributed by atoms with Gasteiger partial charge in [0.15, 0.2) is 9.84 Å². The number of carbonyl (C=O) groups is 2. The fraction of sp³-hybridized carbons (Fsp3) is 0.655. The third-order valence-corrected chi connectivity index (χ3v) is 10.0. The van der Waals surface area contributed by atoms with E-state index in [1.54, 1.807) is 29.4 Å². The second-order valence-electron chi connectivity index (χ2n) is 11.2. The van der Waals surface area contributed by atoms with Crippen molar-refractivity contribution >= 4 is 21.7 Å². The van der Waals surface area contributed by atoms with E-state index >= 15 is 0 Å². The molecule has 2 amide bonds. The van der Waals surface area contributed by atoms with Crippen LogP contribution in [0.5, 0.6) is 5.75 Å². The molecule has 1 aromatic rings. The highest BCUT2D eigenvalue weighted by Gasteiger charge is 2.46. The van der Waals surface area contributed by atoms with Crippen molar-refractivity contribution in [3.05, 3.63) is 24.3 Å². The molecule has 0 spiro atoms. The van der Waals surface area contributed by atoms with Crippen molar-refractivity contribution in [1.82, 2.24) is 30.4 Å². The van der Waals surface area contributed by atoms with Gasteiger partial charge in [-0.3, -0.25) is 19.7 Å². The first-order chi connectivity index (χ1) is 20.1. The molecule has 0 bridgehead atoms. The van der Waals surface area contributed by atoms with Crippen molar-refractivity contribution in [2.75, 3.05) is 98.4 Å². The fourth-order valence-electron chi connectivity index (χ4n) is 5.20. The van der Waals surface area contributed by atoms with E-state index in [2.05, 4.69) is 46.0 Å². The van der Waals surface area contributed by atoms with Gasteiger partial charge in [-0.15, -0.1) is 5.92 Å². The summed E-state index contributed by atoms with van der Waals surface area (Å²) >= 11 is 0. The summed E-state index contributed by atoms with van der Waals surface area (Å²) in [4.78, 5) is 33.9. The van der Waals surface area contributed by atoms with Gasteiger partial charge in [0.25, 0.3) is 5.91 Å². The molecular formula is C29H46N6O6S. The van der Waals surface area contributed by atoms with Crippen molar-refractivity contribution in [1.29, 1.82) is 0 Å². The molecule has 42 heavy (non-hydrogen) atoms. The number of hydrogen-bond donors (Lipinski definition) is 3. The average molecular weight is 607 g/mol. The number of rotatable bonds is 8. The van der Waals surface area contributed by atoms with Crippen molar-refractivity contribution in [3.8, 4) is 17.6 Å². The normalized spacial score (nSPS) is 20.0. The Labute approximate surface area is 250 Å². The number of ether oxygens (including phenoxy) is 1. The van der Waals surface area contributed by atoms with E-state index in [-0.39, 0.29) is 43.3 Å². The number of piperidine rings is 1. The third kappa shape index (κ3) is 9.93. The van der Waals surface area contributed by atoms with Crippen molar-refractivity contribution in [2.45, 2.75) is 24.7 Å². The number of carbonyl (C=O) groups excluding carboxylic acids is 2. The van der Waals surface area contributed by atoms with Gasteiger partial charge in [-0.25, -0.2) is 13.9 Å². The van der Waals surface area contributed by atoms with Crippen LogP contribution in [0.2, 0.25) is 0 Å². The van der Waals surface area contributed by atoms with Gasteiger partial charge in [-0.2, -0.15) is 0 Å². The molecule has 3 heterocycles. The lowest BCUT2D eigenvalue weighted by atomic mass is 9.79. The SMILES string of the molecule is CC#CCOc1ccc(S(=O)(=O)CC2(C(=O)NO)CCN(C(=O)CN3CCN(C)CC3)CC2)cc1.CN1CCNCC1. The Kier molecular flexibility index (Phi) is 13.0. The van der Waals surface area contributed by atoms with E-state index < -0.39 is 26.9 Å². The fourth-order valence-corrected chi connectivity index (χ4v) is 7.06. The Morgan fingerprint density at radius 1 is 0.976 bits per heavy atom. The molecule has 4 rings (SSSR count). The second-order valence-corrected chi connectivity index (χ2v) is 13.2. The van der Waals surface area contributed by atoms with Crippen LogP contribution in [-0.2, 0) is 19.4 Å². The molecule has 3 saturated heterocycles. The molecule has 12 nitrogen and oxygen atoms in total. The minimum atomic E-state index is -3.85. The summed E-state index contributed by atoms with van der Waals surface area (Å²) in [6.07, 6.45) is 0.286. The number of sulfone groups is 1. The number of hydroxylamine groups is 1. The molecule has 3 fully saturated rings. The molecule has 3 N–H and O–H groups in total. The quantitative estimate of drug-likeness (QED) is 0.207. The minimum absolute atomic E-state index is 0.0289. The monoisotopic (exact) mass is 606 g/mol. The minimum Gasteiger partial charge on any atom is -0.481 e. The van der Waals surface area contributed by atoms with E-state index in [0.29, 0.717) is 12.3 Å². The summed E-state index contributed by atoms with van der Waals surface area (Å²) in [5, 5.41) is 12.6. The molecule has 0 saturated carbocycles. The zero-order valence-electron chi connectivity index (χ0n) is 25.1. The zero-order chi connectivity index (χ0) is 30.6. The largest absolute Gasteiger partial charge is 0.481 e. The molecule has 0 aromatic heterocycles. The summed E-state index contributed by atoms with van der Waals surface area (Å²) in [5.41, 5.74) is 0.319. The molecule has 13 heteroatoms. The number of benzene rings is 1. The second kappa shape index (κ2) is 16.2. The van der Waals surface area contributed by atoms with Crippen LogP contribution >= 0.6 is 0 Å². The number of amides is 2. The van der Waals surface area contributed by atoms with Crippen molar-refractivity contribution in [2.24, 2.45) is 5.41 Å². The molecule has 0 unspecified atom stereocenters. The van der Waals surface area contributed by atoms with Crippen LogP contribution in [0.4, 0.5) is 0 Å². The summed E-state index contributed by atoms with van der Waals surface area (Å²) < 4.78 is 31.8. The van der Waals surface area contributed by atoms with E-state index in [4.69, 9.17) is 4.74 Å². The van der Waals surface area contributed by atoms with E-state index in [1.165, 1.54) is 25.2 Å². The van der Waals surface area contributed by atoms with Crippen molar-refractivity contribution < 1.29 is 28.0 Å². The smallest absolute Gasteiger partial charge is 0.250 e. The topological polar surface area (TPSA) is 135 Å².